The van der Waals surface area contributed by atoms with E-state index in [0.29, 0.717) is 0 Å². The summed E-state index contributed by atoms with van der Waals surface area (Å²) in [5.41, 5.74) is 1.95. The summed E-state index contributed by atoms with van der Waals surface area (Å²) < 4.78 is 0. The number of hydrogen-bond donors (Lipinski definition) is 2. The minimum Gasteiger partial charge on any atom is -0.352 e. The highest BCUT2D eigenvalue weighted by Gasteiger charge is 2.19. The van der Waals surface area contributed by atoms with Crippen molar-refractivity contribution in [3.05, 3.63) is 35.4 Å². The Morgan fingerprint density at radius 3 is 2.82 bits per heavy atom. The zero-order chi connectivity index (χ0) is 15.8. The molecule has 0 radical (unpaired) electrons. The third kappa shape index (κ3) is 5.13. The van der Waals surface area contributed by atoms with Crippen molar-refractivity contribution >= 4 is 5.91 Å². The fourth-order valence-corrected chi connectivity index (χ4v) is 3.53. The molecule has 122 valence electrons. The van der Waals surface area contributed by atoms with Crippen LogP contribution in [-0.2, 0) is 6.42 Å². The highest BCUT2D eigenvalue weighted by Crippen LogP contribution is 2.30. The number of rotatable bonds is 7. The number of carbonyl (C=O) groups is 1. The van der Waals surface area contributed by atoms with E-state index in [2.05, 4.69) is 23.6 Å². The van der Waals surface area contributed by atoms with Crippen LogP contribution in [-0.4, -0.2) is 26.0 Å². The van der Waals surface area contributed by atoms with E-state index in [-0.39, 0.29) is 5.91 Å². The lowest BCUT2D eigenvalue weighted by atomic mass is 9.81. The van der Waals surface area contributed by atoms with Crippen LogP contribution < -0.4 is 10.6 Å². The molecule has 0 aromatic heterocycles. The standard InChI is InChI=1S/C19H30N2O/c1-15-6-5-7-16(14-15)10-13-21-19(22)18-9-4-3-8-17(18)11-12-20-2/h3-4,8-9,15-16,20H,5-7,10-14H2,1-2H3,(H,21,22). The second-order valence-electron chi connectivity index (χ2n) is 6.69. The van der Waals surface area contributed by atoms with E-state index in [1.165, 1.54) is 25.7 Å². The largest absolute Gasteiger partial charge is 0.352 e. The Balaban J connectivity index is 1.81. The third-order valence-electron chi connectivity index (χ3n) is 4.79. The van der Waals surface area contributed by atoms with E-state index < -0.39 is 0 Å². The van der Waals surface area contributed by atoms with Gasteiger partial charge in [-0.25, -0.2) is 0 Å². The van der Waals surface area contributed by atoms with Gasteiger partial charge in [-0.3, -0.25) is 4.79 Å². The van der Waals surface area contributed by atoms with Crippen molar-refractivity contribution in [1.29, 1.82) is 0 Å². The van der Waals surface area contributed by atoms with E-state index in [9.17, 15) is 4.79 Å². The number of likely N-dealkylation sites (N-methyl/N-ethyl adjacent to an activating group) is 1. The van der Waals surface area contributed by atoms with Gasteiger partial charge in [-0.05, 0) is 56.3 Å². The normalized spacial score (nSPS) is 21.5. The van der Waals surface area contributed by atoms with Crippen LogP contribution in [0.3, 0.4) is 0 Å². The molecule has 1 saturated carbocycles. The van der Waals surface area contributed by atoms with Crippen LogP contribution in [0.2, 0.25) is 0 Å². The summed E-state index contributed by atoms with van der Waals surface area (Å²) in [7, 11) is 1.94. The molecule has 0 spiro atoms. The fourth-order valence-electron chi connectivity index (χ4n) is 3.53. The van der Waals surface area contributed by atoms with E-state index >= 15 is 0 Å². The smallest absolute Gasteiger partial charge is 0.251 e. The van der Waals surface area contributed by atoms with Gasteiger partial charge in [0.05, 0.1) is 0 Å². The minimum atomic E-state index is 0.0792. The molecule has 3 nitrogen and oxygen atoms in total. The molecule has 0 aliphatic heterocycles. The zero-order valence-corrected chi connectivity index (χ0v) is 14.0. The molecule has 1 aromatic rings. The van der Waals surface area contributed by atoms with Crippen molar-refractivity contribution in [2.45, 2.75) is 45.4 Å². The molecule has 2 rings (SSSR count). The first kappa shape index (κ1) is 17.0. The van der Waals surface area contributed by atoms with Gasteiger partial charge >= 0.3 is 0 Å². The van der Waals surface area contributed by atoms with Crippen LogP contribution in [0.1, 0.15) is 54.9 Å². The molecule has 0 bridgehead atoms. The number of nitrogens with one attached hydrogen (secondary N) is 2. The number of benzene rings is 1. The van der Waals surface area contributed by atoms with Gasteiger partial charge < -0.3 is 10.6 Å². The SMILES string of the molecule is CNCCc1ccccc1C(=O)NCCC1CCCC(C)C1. The quantitative estimate of drug-likeness (QED) is 0.810. The number of carbonyl (C=O) groups excluding carboxylic acids is 1. The van der Waals surface area contributed by atoms with Gasteiger partial charge in [0.1, 0.15) is 0 Å². The van der Waals surface area contributed by atoms with Crippen LogP contribution in [0.15, 0.2) is 24.3 Å². The van der Waals surface area contributed by atoms with E-state index in [1.807, 2.05) is 25.2 Å². The average molecular weight is 302 g/mol. The summed E-state index contributed by atoms with van der Waals surface area (Å²) >= 11 is 0. The van der Waals surface area contributed by atoms with Crippen molar-refractivity contribution in [3.8, 4) is 0 Å². The first-order chi connectivity index (χ1) is 10.7. The highest BCUT2D eigenvalue weighted by atomic mass is 16.1. The lowest BCUT2D eigenvalue weighted by Gasteiger charge is -2.26. The number of amides is 1. The second-order valence-corrected chi connectivity index (χ2v) is 6.69. The maximum Gasteiger partial charge on any atom is 0.251 e. The van der Waals surface area contributed by atoms with Crippen LogP contribution in [0, 0.1) is 11.8 Å². The van der Waals surface area contributed by atoms with Gasteiger partial charge in [0.15, 0.2) is 0 Å². The number of hydrogen-bond acceptors (Lipinski definition) is 2. The Morgan fingerprint density at radius 1 is 1.23 bits per heavy atom. The molecule has 2 atom stereocenters. The molecule has 0 saturated heterocycles. The van der Waals surface area contributed by atoms with Crippen molar-refractivity contribution in [3.63, 3.8) is 0 Å². The molecule has 2 unspecified atom stereocenters. The molecular formula is C19H30N2O. The van der Waals surface area contributed by atoms with E-state index in [0.717, 1.165) is 48.9 Å². The first-order valence-corrected chi connectivity index (χ1v) is 8.71. The first-order valence-electron chi connectivity index (χ1n) is 8.71. The Morgan fingerprint density at radius 2 is 2.05 bits per heavy atom. The summed E-state index contributed by atoms with van der Waals surface area (Å²) in [5.74, 6) is 1.73. The predicted molar refractivity (Wildman–Crippen MR) is 92.1 cm³/mol. The summed E-state index contributed by atoms with van der Waals surface area (Å²) in [6, 6.07) is 7.93. The van der Waals surface area contributed by atoms with E-state index in [4.69, 9.17) is 0 Å². The topological polar surface area (TPSA) is 41.1 Å². The average Bonchev–Trinajstić information content (AvgIpc) is 2.53. The van der Waals surface area contributed by atoms with Gasteiger partial charge in [-0.15, -0.1) is 0 Å². The van der Waals surface area contributed by atoms with Crippen molar-refractivity contribution in [2.75, 3.05) is 20.1 Å². The fraction of sp³-hybridized carbons (Fsp3) is 0.632. The maximum atomic E-state index is 12.4. The van der Waals surface area contributed by atoms with Crippen LogP contribution in [0.25, 0.3) is 0 Å². The molecular weight excluding hydrogens is 272 g/mol. The highest BCUT2D eigenvalue weighted by molar-refractivity contribution is 5.95. The third-order valence-corrected chi connectivity index (χ3v) is 4.79. The summed E-state index contributed by atoms with van der Waals surface area (Å²) in [4.78, 5) is 12.4. The predicted octanol–water partition coefficient (Wildman–Crippen LogP) is 3.39. The van der Waals surface area contributed by atoms with Gasteiger partial charge in [-0.2, -0.15) is 0 Å². The zero-order valence-electron chi connectivity index (χ0n) is 14.0. The Labute approximate surface area is 134 Å². The molecule has 1 fully saturated rings. The molecule has 1 aromatic carbocycles. The molecule has 3 heteroatoms. The van der Waals surface area contributed by atoms with Gasteiger partial charge in [0.25, 0.3) is 5.91 Å². The summed E-state index contributed by atoms with van der Waals surface area (Å²) in [6.45, 7) is 4.05. The lowest BCUT2D eigenvalue weighted by Crippen LogP contribution is -2.28. The monoisotopic (exact) mass is 302 g/mol. The van der Waals surface area contributed by atoms with Crippen molar-refractivity contribution < 1.29 is 4.79 Å². The van der Waals surface area contributed by atoms with Gasteiger partial charge in [0.2, 0.25) is 0 Å². The Hall–Kier alpha value is -1.35. The van der Waals surface area contributed by atoms with Gasteiger partial charge in [0, 0.05) is 12.1 Å². The molecule has 22 heavy (non-hydrogen) atoms. The lowest BCUT2D eigenvalue weighted by molar-refractivity contribution is 0.0948. The van der Waals surface area contributed by atoms with E-state index in [1.54, 1.807) is 0 Å². The molecule has 1 amide bonds. The van der Waals surface area contributed by atoms with Crippen molar-refractivity contribution in [1.82, 2.24) is 10.6 Å². The molecule has 1 aliphatic carbocycles. The molecule has 2 N–H and O–H groups in total. The van der Waals surface area contributed by atoms with Gasteiger partial charge in [-0.1, -0.05) is 44.4 Å². The van der Waals surface area contributed by atoms with Crippen LogP contribution in [0.5, 0.6) is 0 Å². The Bertz CT molecular complexity index is 472. The van der Waals surface area contributed by atoms with Crippen LogP contribution >= 0.6 is 0 Å². The molecule has 0 heterocycles. The second kappa shape index (κ2) is 8.94. The molecule has 1 aliphatic rings. The summed E-state index contributed by atoms with van der Waals surface area (Å²) in [5, 5.41) is 6.26. The Kier molecular flexibility index (Phi) is 6.91. The maximum absolute atomic E-state index is 12.4. The summed E-state index contributed by atoms with van der Waals surface area (Å²) in [6.07, 6.45) is 7.40. The van der Waals surface area contributed by atoms with Crippen LogP contribution in [0.4, 0.5) is 0 Å². The minimum absolute atomic E-state index is 0.0792. The van der Waals surface area contributed by atoms with Crippen molar-refractivity contribution in [2.24, 2.45) is 11.8 Å².